The zero-order valence-corrected chi connectivity index (χ0v) is 30.2. The van der Waals surface area contributed by atoms with Crippen LogP contribution < -0.4 is 10.6 Å². The van der Waals surface area contributed by atoms with E-state index in [0.717, 1.165) is 18.4 Å². The average molecular weight is 717 g/mol. The minimum Gasteiger partial charge on any atom is -0.387 e. The van der Waals surface area contributed by atoms with Gasteiger partial charge in [-0.3, -0.25) is 28.8 Å². The fourth-order valence-corrected chi connectivity index (χ4v) is 7.35. The number of oxime groups is 1. The van der Waals surface area contributed by atoms with Crippen molar-refractivity contribution in [3.8, 4) is 0 Å². The molecule has 51 heavy (non-hydrogen) atoms. The molecule has 6 atom stereocenters. The van der Waals surface area contributed by atoms with Crippen molar-refractivity contribution in [3.63, 3.8) is 0 Å². The molecular weight excluding hydrogens is 672 g/mol. The van der Waals surface area contributed by atoms with E-state index < -0.39 is 70.3 Å². The van der Waals surface area contributed by atoms with Gasteiger partial charge in [-0.2, -0.15) is 0 Å². The lowest BCUT2D eigenvalue weighted by Gasteiger charge is -2.35. The van der Waals surface area contributed by atoms with Crippen LogP contribution in [0, 0.1) is 23.2 Å². The van der Waals surface area contributed by atoms with Crippen molar-refractivity contribution >= 4 is 52.4 Å². The van der Waals surface area contributed by atoms with Crippen molar-refractivity contribution < 1.29 is 33.6 Å². The molecule has 2 aromatic rings. The highest BCUT2D eigenvalue weighted by molar-refractivity contribution is 6.39. The van der Waals surface area contributed by atoms with Crippen molar-refractivity contribution in [2.24, 2.45) is 28.3 Å². The quantitative estimate of drug-likeness (QED) is 0.226. The minimum atomic E-state index is -1.08. The zero-order valence-electron chi connectivity index (χ0n) is 29.4. The van der Waals surface area contributed by atoms with Crippen molar-refractivity contribution in [2.75, 3.05) is 6.54 Å². The zero-order chi connectivity index (χ0) is 36.7. The van der Waals surface area contributed by atoms with E-state index in [1.54, 1.807) is 49.4 Å². The summed E-state index contributed by atoms with van der Waals surface area (Å²) in [6.45, 7) is 7.07. The van der Waals surface area contributed by atoms with Crippen LogP contribution in [0.3, 0.4) is 0 Å². The number of carbonyl (C=O) groups is 6. The van der Waals surface area contributed by atoms with Crippen molar-refractivity contribution in [1.29, 1.82) is 0 Å². The Labute approximate surface area is 302 Å². The molecule has 4 aliphatic rings. The number of likely N-dealkylation sites (tertiary alicyclic amines) is 1. The van der Waals surface area contributed by atoms with Crippen LogP contribution in [0.5, 0.6) is 0 Å². The van der Waals surface area contributed by atoms with Crippen LogP contribution in [-0.2, 0) is 28.8 Å². The molecule has 2 aromatic carbocycles. The fraction of sp³-hybridized carbons (Fsp3) is 0.513. The van der Waals surface area contributed by atoms with E-state index in [-0.39, 0.29) is 37.5 Å². The molecular formula is C39H45ClN4O7. The Bertz CT molecular complexity index is 1770. The van der Waals surface area contributed by atoms with Gasteiger partial charge < -0.3 is 20.4 Å². The van der Waals surface area contributed by atoms with Gasteiger partial charge in [-0.1, -0.05) is 99.8 Å². The van der Waals surface area contributed by atoms with Crippen LogP contribution in [0.15, 0.2) is 59.8 Å². The van der Waals surface area contributed by atoms with Gasteiger partial charge in [-0.25, -0.2) is 0 Å². The monoisotopic (exact) mass is 716 g/mol. The first kappa shape index (κ1) is 36.4. The number of hydrogen-bond acceptors (Lipinski definition) is 8. The first-order valence-corrected chi connectivity index (χ1v) is 18.2. The number of halogens is 1. The lowest BCUT2D eigenvalue weighted by atomic mass is 9.85. The van der Waals surface area contributed by atoms with Gasteiger partial charge in [-0.05, 0) is 36.3 Å². The second-order valence-electron chi connectivity index (χ2n) is 15.6. The van der Waals surface area contributed by atoms with Gasteiger partial charge in [0.15, 0.2) is 17.2 Å². The van der Waals surface area contributed by atoms with E-state index in [4.69, 9.17) is 16.4 Å². The Hall–Kier alpha value is -4.38. The molecule has 2 aliphatic carbocycles. The van der Waals surface area contributed by atoms with E-state index >= 15 is 0 Å². The van der Waals surface area contributed by atoms with Gasteiger partial charge in [0.2, 0.25) is 23.5 Å². The van der Waals surface area contributed by atoms with Gasteiger partial charge in [-0.15, -0.1) is 0 Å². The molecule has 0 aromatic heterocycles. The Morgan fingerprint density at radius 1 is 0.980 bits per heavy atom. The third-order valence-corrected chi connectivity index (χ3v) is 10.6. The number of nitrogens with one attached hydrogen (secondary N) is 2. The molecule has 2 aliphatic heterocycles. The summed E-state index contributed by atoms with van der Waals surface area (Å²) in [6.07, 6.45) is 2.96. The van der Waals surface area contributed by atoms with Gasteiger partial charge in [0, 0.05) is 47.2 Å². The van der Waals surface area contributed by atoms with Gasteiger partial charge in [0.25, 0.3) is 0 Å². The van der Waals surface area contributed by atoms with Crippen LogP contribution in [-0.4, -0.2) is 76.0 Å². The number of rotatable bonds is 13. The highest BCUT2D eigenvalue weighted by Crippen LogP contribution is 2.43. The van der Waals surface area contributed by atoms with Crippen molar-refractivity contribution in [1.82, 2.24) is 15.5 Å². The van der Waals surface area contributed by atoms with Crippen LogP contribution in [0.4, 0.5) is 0 Å². The standard InChI is InChI=1S/C39H45ClN4O7/c1-5-31(45)33(47)28(16-22-14-15-22)41-36(49)30-20-39(19-29(43-51-39)24-12-9-13-25(40)17-24)21-44(30)37(50)34(38(2,3)4)42-35(48)27-18-26(27)32(46)23-10-7-6-8-11-23/h6-13,17,22,26-28,30,34H,5,14-16,18-21H2,1-4H3,(H,41,49)(H,42,48)/t26-,27+,28+,30+,34-,39-/m1/s1. The second-order valence-corrected chi connectivity index (χ2v) is 16.0. The van der Waals surface area contributed by atoms with E-state index in [1.807, 2.05) is 32.9 Å². The summed E-state index contributed by atoms with van der Waals surface area (Å²) in [5, 5.41) is 10.6. The molecule has 3 fully saturated rings. The number of Topliss-reactive ketones (excluding diaryl/α,β-unsaturated/α-hetero) is 3. The first-order valence-electron chi connectivity index (χ1n) is 17.8. The van der Waals surface area contributed by atoms with Crippen LogP contribution >= 0.6 is 11.6 Å². The predicted octanol–water partition coefficient (Wildman–Crippen LogP) is 4.69. The Morgan fingerprint density at radius 2 is 1.71 bits per heavy atom. The molecule has 1 spiro atoms. The molecule has 2 heterocycles. The summed E-state index contributed by atoms with van der Waals surface area (Å²) in [6, 6.07) is 12.9. The molecule has 3 amide bonds. The maximum Gasteiger partial charge on any atom is 0.246 e. The van der Waals surface area contributed by atoms with Crippen LogP contribution in [0.2, 0.25) is 5.02 Å². The van der Waals surface area contributed by atoms with E-state index in [0.29, 0.717) is 29.1 Å². The lowest BCUT2D eigenvalue weighted by molar-refractivity contribution is -0.145. The van der Waals surface area contributed by atoms with Crippen LogP contribution in [0.1, 0.15) is 88.6 Å². The Kier molecular flexibility index (Phi) is 10.2. The van der Waals surface area contributed by atoms with E-state index in [2.05, 4.69) is 15.8 Å². The number of benzene rings is 2. The van der Waals surface area contributed by atoms with Crippen molar-refractivity contribution in [3.05, 3.63) is 70.7 Å². The molecule has 11 nitrogen and oxygen atoms in total. The Morgan fingerprint density at radius 3 is 2.35 bits per heavy atom. The maximum atomic E-state index is 14.7. The number of hydrogen-bond donors (Lipinski definition) is 2. The maximum absolute atomic E-state index is 14.7. The highest BCUT2D eigenvalue weighted by Gasteiger charge is 2.56. The molecule has 2 N–H and O–H groups in total. The molecule has 12 heteroatoms. The topological polar surface area (TPSA) is 151 Å². The Balaban J connectivity index is 1.24. The first-order chi connectivity index (χ1) is 24.2. The van der Waals surface area contributed by atoms with Gasteiger partial charge in [0.1, 0.15) is 12.1 Å². The number of ketones is 3. The third kappa shape index (κ3) is 8.08. The fourth-order valence-electron chi connectivity index (χ4n) is 7.16. The summed E-state index contributed by atoms with van der Waals surface area (Å²) in [5.41, 5.74) is 0.0641. The van der Waals surface area contributed by atoms with Crippen LogP contribution in [0.25, 0.3) is 0 Å². The largest absolute Gasteiger partial charge is 0.387 e. The minimum absolute atomic E-state index is 0.00634. The predicted molar refractivity (Wildman–Crippen MR) is 190 cm³/mol. The molecule has 270 valence electrons. The summed E-state index contributed by atoms with van der Waals surface area (Å²) < 4.78 is 0. The third-order valence-electron chi connectivity index (χ3n) is 10.4. The number of amides is 3. The van der Waals surface area contributed by atoms with E-state index in [9.17, 15) is 28.8 Å². The SMILES string of the molecule is CCC(=O)C(=O)[C@H](CC1CC1)NC(=O)[C@@H]1C[C@]2(CC(c3cccc(Cl)c3)=NO2)CN1C(=O)[C@@H](NC(=O)[C@H]1C[C@H]1C(=O)c1ccccc1)C(C)(C)C. The average Bonchev–Trinajstić information content (AvgIpc) is 4.03. The summed E-state index contributed by atoms with van der Waals surface area (Å²) in [4.78, 5) is 88.5. The summed E-state index contributed by atoms with van der Waals surface area (Å²) in [7, 11) is 0. The van der Waals surface area contributed by atoms with Gasteiger partial charge >= 0.3 is 0 Å². The smallest absolute Gasteiger partial charge is 0.246 e. The molecule has 0 bridgehead atoms. The molecule has 1 saturated heterocycles. The number of carbonyl (C=O) groups excluding carboxylic acids is 6. The molecule has 0 unspecified atom stereocenters. The number of nitrogens with zero attached hydrogens (tertiary/aromatic N) is 2. The molecule has 6 rings (SSSR count). The summed E-state index contributed by atoms with van der Waals surface area (Å²) in [5.74, 6) is -3.59. The normalized spacial score (nSPS) is 25.0. The lowest BCUT2D eigenvalue weighted by Crippen LogP contribution is -2.59. The molecule has 0 radical (unpaired) electrons. The summed E-state index contributed by atoms with van der Waals surface area (Å²) >= 11 is 6.25. The highest BCUT2D eigenvalue weighted by atomic mass is 35.5. The van der Waals surface area contributed by atoms with Gasteiger partial charge in [0.05, 0.1) is 18.3 Å². The second kappa shape index (κ2) is 14.3. The van der Waals surface area contributed by atoms with Crippen molar-refractivity contribution in [2.45, 2.75) is 96.4 Å². The molecule has 2 saturated carbocycles. The van der Waals surface area contributed by atoms with E-state index in [1.165, 1.54) is 4.90 Å².